The minimum atomic E-state index is -0.573. The molecule has 0 saturated heterocycles. The number of phenolic OH excluding ortho intramolecular Hbond substituents is 1. The minimum Gasteiger partial charge on any atom is -0.507 e. The van der Waals surface area contributed by atoms with Gasteiger partial charge in [-0.2, -0.15) is 5.10 Å². The molecule has 0 saturated carbocycles. The number of nitro groups is 1. The van der Waals surface area contributed by atoms with E-state index in [0.29, 0.717) is 11.1 Å². The summed E-state index contributed by atoms with van der Waals surface area (Å²) in [6.07, 6.45) is 1.30. The van der Waals surface area contributed by atoms with E-state index in [9.17, 15) is 20.0 Å². The summed E-state index contributed by atoms with van der Waals surface area (Å²) in [5.41, 5.74) is 3.35. The van der Waals surface area contributed by atoms with Crippen LogP contribution in [0.5, 0.6) is 5.75 Å². The molecule has 0 aromatic heterocycles. The molecule has 22 heavy (non-hydrogen) atoms. The zero-order chi connectivity index (χ0) is 16.1. The number of rotatable bonds is 4. The van der Waals surface area contributed by atoms with E-state index < -0.39 is 10.8 Å². The summed E-state index contributed by atoms with van der Waals surface area (Å²) in [4.78, 5) is 22.2. The number of nitrogens with zero attached hydrogens (tertiary/aromatic N) is 2. The van der Waals surface area contributed by atoms with Crippen LogP contribution in [0.15, 0.2) is 47.6 Å². The van der Waals surface area contributed by atoms with E-state index >= 15 is 0 Å². The Bertz CT molecular complexity index is 756. The van der Waals surface area contributed by atoms with Crippen LogP contribution in [0.2, 0.25) is 0 Å². The van der Waals surface area contributed by atoms with E-state index in [0.717, 1.165) is 0 Å². The molecule has 0 fully saturated rings. The van der Waals surface area contributed by atoms with E-state index in [4.69, 9.17) is 0 Å². The van der Waals surface area contributed by atoms with E-state index in [1.165, 1.54) is 24.4 Å². The van der Waals surface area contributed by atoms with Crippen LogP contribution < -0.4 is 5.43 Å². The third-order valence-corrected chi connectivity index (χ3v) is 2.96. The number of amides is 1. The van der Waals surface area contributed by atoms with Crippen LogP contribution in [0.25, 0.3) is 0 Å². The number of carbonyl (C=O) groups excluding carboxylic acids is 1. The minimum absolute atomic E-state index is 0.0176. The van der Waals surface area contributed by atoms with Crippen molar-refractivity contribution in [1.29, 1.82) is 0 Å². The zero-order valence-electron chi connectivity index (χ0n) is 11.7. The number of hydrogen-bond acceptors (Lipinski definition) is 5. The van der Waals surface area contributed by atoms with Crippen LogP contribution in [-0.4, -0.2) is 22.2 Å². The summed E-state index contributed by atoms with van der Waals surface area (Å²) in [5.74, 6) is -0.725. The number of aromatic hydroxyl groups is 1. The Morgan fingerprint density at radius 1 is 1.32 bits per heavy atom. The fourth-order valence-electron chi connectivity index (χ4n) is 1.79. The molecule has 1 amide bonds. The number of nitrogens with one attached hydrogen (secondary N) is 1. The molecule has 2 N–H and O–H groups in total. The number of aryl methyl sites for hydroxylation is 1. The standard InChI is InChI=1S/C15H13N3O4/c1-10-6-7-11(8-13(10)18(21)22)9-16-17-15(20)12-4-2-3-5-14(12)19/h2-9,19H,1H3,(H,17,20)/b16-9+. The summed E-state index contributed by atoms with van der Waals surface area (Å²) < 4.78 is 0. The lowest BCUT2D eigenvalue weighted by Gasteiger charge is -2.02. The summed E-state index contributed by atoms with van der Waals surface area (Å²) >= 11 is 0. The number of benzene rings is 2. The Kier molecular flexibility index (Phi) is 4.47. The van der Waals surface area contributed by atoms with Crippen LogP contribution in [0, 0.1) is 17.0 Å². The van der Waals surface area contributed by atoms with Gasteiger partial charge in [-0.05, 0) is 19.1 Å². The van der Waals surface area contributed by atoms with Gasteiger partial charge in [0.15, 0.2) is 0 Å². The van der Waals surface area contributed by atoms with Gasteiger partial charge in [0.25, 0.3) is 11.6 Å². The number of hydrogen-bond donors (Lipinski definition) is 2. The normalized spacial score (nSPS) is 10.6. The first kappa shape index (κ1) is 15.2. The molecule has 0 bridgehead atoms. The molecule has 112 valence electrons. The number of carbonyl (C=O) groups is 1. The van der Waals surface area contributed by atoms with Crippen molar-refractivity contribution in [3.05, 3.63) is 69.3 Å². The van der Waals surface area contributed by atoms with Crippen LogP contribution in [0.4, 0.5) is 5.69 Å². The maximum Gasteiger partial charge on any atom is 0.275 e. The van der Waals surface area contributed by atoms with Crippen molar-refractivity contribution in [3.8, 4) is 5.75 Å². The lowest BCUT2D eigenvalue weighted by molar-refractivity contribution is -0.385. The molecule has 0 aliphatic heterocycles. The largest absolute Gasteiger partial charge is 0.507 e. The first-order valence-corrected chi connectivity index (χ1v) is 6.35. The second-order valence-corrected chi connectivity index (χ2v) is 4.52. The van der Waals surface area contributed by atoms with Crippen molar-refractivity contribution in [2.75, 3.05) is 0 Å². The Hall–Kier alpha value is -3.22. The predicted molar refractivity (Wildman–Crippen MR) is 81.0 cm³/mol. The molecule has 0 aliphatic rings. The summed E-state index contributed by atoms with van der Waals surface area (Å²) in [7, 11) is 0. The van der Waals surface area contributed by atoms with Gasteiger partial charge in [0.05, 0.1) is 16.7 Å². The maximum atomic E-state index is 11.8. The molecule has 7 heteroatoms. The van der Waals surface area contributed by atoms with Gasteiger partial charge in [-0.3, -0.25) is 14.9 Å². The van der Waals surface area contributed by atoms with Crippen LogP contribution in [0.1, 0.15) is 21.5 Å². The molecule has 0 spiro atoms. The van der Waals surface area contributed by atoms with Crippen molar-refractivity contribution >= 4 is 17.8 Å². The van der Waals surface area contributed by atoms with E-state index in [1.54, 1.807) is 31.2 Å². The van der Waals surface area contributed by atoms with Gasteiger partial charge in [0.1, 0.15) is 5.75 Å². The molecular weight excluding hydrogens is 286 g/mol. The molecule has 2 rings (SSSR count). The number of para-hydroxylation sites is 1. The average molecular weight is 299 g/mol. The molecule has 0 unspecified atom stereocenters. The lowest BCUT2D eigenvalue weighted by atomic mass is 10.1. The SMILES string of the molecule is Cc1ccc(/C=N/NC(=O)c2ccccc2O)cc1[N+](=O)[O-]. The molecular formula is C15H13N3O4. The topological polar surface area (TPSA) is 105 Å². The fourth-order valence-corrected chi connectivity index (χ4v) is 1.79. The highest BCUT2D eigenvalue weighted by Crippen LogP contribution is 2.18. The average Bonchev–Trinajstić information content (AvgIpc) is 2.49. The van der Waals surface area contributed by atoms with Gasteiger partial charge < -0.3 is 5.11 Å². The summed E-state index contributed by atoms with van der Waals surface area (Å²) in [5, 5.41) is 24.1. The zero-order valence-corrected chi connectivity index (χ0v) is 11.7. The van der Waals surface area contributed by atoms with Crippen LogP contribution >= 0.6 is 0 Å². The maximum absolute atomic E-state index is 11.8. The van der Waals surface area contributed by atoms with Crippen molar-refractivity contribution in [2.24, 2.45) is 5.10 Å². The van der Waals surface area contributed by atoms with Crippen LogP contribution in [0.3, 0.4) is 0 Å². The van der Waals surface area contributed by atoms with Crippen molar-refractivity contribution in [3.63, 3.8) is 0 Å². The highest BCUT2D eigenvalue weighted by Gasteiger charge is 2.11. The predicted octanol–water partition coefficient (Wildman–Crippen LogP) is 2.37. The molecule has 0 radical (unpaired) electrons. The number of hydrazone groups is 1. The van der Waals surface area contributed by atoms with Gasteiger partial charge in [-0.25, -0.2) is 5.43 Å². The number of nitro benzene ring substituents is 1. The Morgan fingerprint density at radius 2 is 2.05 bits per heavy atom. The second kappa shape index (κ2) is 6.49. The van der Waals surface area contributed by atoms with E-state index in [-0.39, 0.29) is 17.0 Å². The van der Waals surface area contributed by atoms with Gasteiger partial charge in [0.2, 0.25) is 0 Å². The number of phenols is 1. The van der Waals surface area contributed by atoms with Crippen molar-refractivity contribution in [1.82, 2.24) is 5.43 Å². The molecule has 2 aromatic carbocycles. The molecule has 2 aromatic rings. The Labute approximate surface area is 126 Å². The first-order chi connectivity index (χ1) is 10.5. The van der Waals surface area contributed by atoms with Gasteiger partial charge in [0, 0.05) is 17.2 Å². The smallest absolute Gasteiger partial charge is 0.275 e. The van der Waals surface area contributed by atoms with Gasteiger partial charge in [-0.1, -0.05) is 24.3 Å². The highest BCUT2D eigenvalue weighted by molar-refractivity contribution is 5.97. The third-order valence-electron chi connectivity index (χ3n) is 2.96. The summed E-state index contributed by atoms with van der Waals surface area (Å²) in [6, 6.07) is 10.7. The molecule has 0 heterocycles. The lowest BCUT2D eigenvalue weighted by Crippen LogP contribution is -2.17. The Balaban J connectivity index is 2.10. The van der Waals surface area contributed by atoms with E-state index in [1.807, 2.05) is 0 Å². The first-order valence-electron chi connectivity index (χ1n) is 6.35. The fraction of sp³-hybridized carbons (Fsp3) is 0.0667. The molecule has 0 aliphatic carbocycles. The molecule has 0 atom stereocenters. The highest BCUT2D eigenvalue weighted by atomic mass is 16.6. The van der Waals surface area contributed by atoms with Crippen LogP contribution in [-0.2, 0) is 0 Å². The Morgan fingerprint density at radius 3 is 2.73 bits per heavy atom. The van der Waals surface area contributed by atoms with E-state index in [2.05, 4.69) is 10.5 Å². The summed E-state index contributed by atoms with van der Waals surface area (Å²) in [6.45, 7) is 1.64. The monoisotopic (exact) mass is 299 g/mol. The molecule has 7 nitrogen and oxygen atoms in total. The third kappa shape index (κ3) is 3.45. The quantitative estimate of drug-likeness (QED) is 0.513. The van der Waals surface area contributed by atoms with Crippen molar-refractivity contribution < 1.29 is 14.8 Å². The second-order valence-electron chi connectivity index (χ2n) is 4.52. The van der Waals surface area contributed by atoms with Gasteiger partial charge >= 0.3 is 0 Å². The van der Waals surface area contributed by atoms with Gasteiger partial charge in [-0.15, -0.1) is 0 Å². The van der Waals surface area contributed by atoms with Crippen molar-refractivity contribution in [2.45, 2.75) is 6.92 Å².